The van der Waals surface area contributed by atoms with Crippen LogP contribution in [-0.4, -0.2) is 35.5 Å². The second kappa shape index (κ2) is 10.1. The number of hydrogen-bond donors (Lipinski definition) is 1. The molecular formula is C24H18ClN3O6S. The van der Waals surface area contributed by atoms with E-state index in [0.29, 0.717) is 32.2 Å². The highest BCUT2D eigenvalue weighted by Crippen LogP contribution is 2.34. The highest BCUT2D eigenvalue weighted by atomic mass is 35.5. The minimum atomic E-state index is -0.694. The highest BCUT2D eigenvalue weighted by Gasteiger charge is 2.20. The number of hydrogen-bond acceptors (Lipinski definition) is 8. The van der Waals surface area contributed by atoms with Crippen molar-refractivity contribution in [2.75, 3.05) is 19.0 Å². The lowest BCUT2D eigenvalue weighted by molar-refractivity contribution is -0.385. The van der Waals surface area contributed by atoms with Crippen molar-refractivity contribution in [2.45, 2.75) is 6.92 Å². The molecule has 4 rings (SSSR count). The van der Waals surface area contributed by atoms with Crippen LogP contribution in [0.5, 0.6) is 5.75 Å². The summed E-state index contributed by atoms with van der Waals surface area (Å²) >= 11 is 7.38. The Balaban J connectivity index is 1.53. The molecule has 178 valence electrons. The van der Waals surface area contributed by atoms with Crippen LogP contribution in [-0.2, 0) is 9.53 Å². The maximum atomic E-state index is 12.9. The third-order valence-electron chi connectivity index (χ3n) is 5.09. The molecule has 0 aliphatic carbocycles. The molecule has 11 heteroatoms. The normalized spacial score (nSPS) is 10.7. The molecule has 0 aliphatic rings. The number of benzene rings is 2. The predicted molar refractivity (Wildman–Crippen MR) is 133 cm³/mol. The Morgan fingerprint density at radius 1 is 1.17 bits per heavy atom. The van der Waals surface area contributed by atoms with E-state index in [9.17, 15) is 19.7 Å². The van der Waals surface area contributed by atoms with Gasteiger partial charge in [-0.25, -0.2) is 9.78 Å². The number of nitro benzene ring substituents is 1. The Bertz CT molecular complexity index is 1470. The van der Waals surface area contributed by atoms with Gasteiger partial charge in [-0.2, -0.15) is 0 Å². The number of carbonyl (C=O) groups is 2. The number of anilines is 1. The van der Waals surface area contributed by atoms with E-state index < -0.39 is 23.4 Å². The van der Waals surface area contributed by atoms with Gasteiger partial charge in [0.05, 0.1) is 38.0 Å². The number of amides is 1. The average molecular weight is 512 g/mol. The number of rotatable bonds is 7. The molecule has 0 saturated carbocycles. The Labute approximate surface area is 208 Å². The standard InChI is InChI=1S/C24H18ClN3O6S/c1-13-9-19(28(31)32)20(33-2)11-17(13)27-23(29)12-34-24(30)15-10-18(21-7-8-22(25)35-21)26-16-6-4-3-5-14(15)16/h3-11H,12H2,1-2H3,(H,27,29). The van der Waals surface area contributed by atoms with Crippen molar-refractivity contribution in [1.82, 2.24) is 4.98 Å². The van der Waals surface area contributed by atoms with Crippen molar-refractivity contribution in [2.24, 2.45) is 0 Å². The highest BCUT2D eigenvalue weighted by molar-refractivity contribution is 7.19. The summed E-state index contributed by atoms with van der Waals surface area (Å²) in [6, 6.07) is 14.9. The van der Waals surface area contributed by atoms with E-state index in [0.717, 1.165) is 4.88 Å². The van der Waals surface area contributed by atoms with Crippen LogP contribution in [0.2, 0.25) is 4.34 Å². The zero-order valence-corrected chi connectivity index (χ0v) is 20.1. The van der Waals surface area contributed by atoms with Gasteiger partial charge in [-0.3, -0.25) is 14.9 Å². The molecule has 0 fully saturated rings. The summed E-state index contributed by atoms with van der Waals surface area (Å²) in [5, 5.41) is 14.3. The van der Waals surface area contributed by atoms with E-state index in [4.69, 9.17) is 21.1 Å². The Kier molecular flexibility index (Phi) is 6.94. The number of nitrogens with one attached hydrogen (secondary N) is 1. The van der Waals surface area contributed by atoms with E-state index in [1.165, 1.54) is 30.6 Å². The van der Waals surface area contributed by atoms with Gasteiger partial charge in [0, 0.05) is 23.2 Å². The van der Waals surface area contributed by atoms with E-state index in [2.05, 4.69) is 10.3 Å². The third-order valence-corrected chi connectivity index (χ3v) is 6.35. The summed E-state index contributed by atoms with van der Waals surface area (Å²) in [5.74, 6) is -1.31. The van der Waals surface area contributed by atoms with Gasteiger partial charge in [0.25, 0.3) is 5.91 Å². The summed E-state index contributed by atoms with van der Waals surface area (Å²) in [7, 11) is 1.29. The lowest BCUT2D eigenvalue weighted by Crippen LogP contribution is -2.21. The van der Waals surface area contributed by atoms with Crippen molar-refractivity contribution in [3.63, 3.8) is 0 Å². The Morgan fingerprint density at radius 2 is 1.94 bits per heavy atom. The smallest absolute Gasteiger partial charge is 0.339 e. The van der Waals surface area contributed by atoms with Crippen molar-refractivity contribution in [3.8, 4) is 16.3 Å². The van der Waals surface area contributed by atoms with Crippen LogP contribution >= 0.6 is 22.9 Å². The number of halogens is 1. The topological polar surface area (TPSA) is 121 Å². The van der Waals surface area contributed by atoms with Gasteiger partial charge in [0.15, 0.2) is 12.4 Å². The molecule has 0 aliphatic heterocycles. The number of esters is 1. The lowest BCUT2D eigenvalue weighted by atomic mass is 10.1. The van der Waals surface area contributed by atoms with E-state index >= 15 is 0 Å². The second-order valence-corrected chi connectivity index (χ2v) is 9.11. The van der Waals surface area contributed by atoms with Gasteiger partial charge >= 0.3 is 11.7 Å². The molecule has 35 heavy (non-hydrogen) atoms. The molecule has 2 heterocycles. The SMILES string of the molecule is COc1cc(NC(=O)COC(=O)c2cc(-c3ccc(Cl)s3)nc3ccccc23)c(C)cc1[N+](=O)[O-]. The van der Waals surface area contributed by atoms with Crippen LogP contribution in [0.3, 0.4) is 0 Å². The number of aromatic nitrogens is 1. The minimum absolute atomic E-state index is 0.00244. The Hall–Kier alpha value is -4.02. The number of nitro groups is 1. The van der Waals surface area contributed by atoms with Crippen molar-refractivity contribution in [3.05, 3.63) is 80.2 Å². The molecule has 2 aromatic heterocycles. The number of thiophene rings is 1. The number of nitrogens with zero attached hydrogens (tertiary/aromatic N) is 2. The van der Waals surface area contributed by atoms with Gasteiger partial charge in [0.1, 0.15) is 0 Å². The van der Waals surface area contributed by atoms with Crippen LogP contribution < -0.4 is 10.1 Å². The molecule has 0 atom stereocenters. The van der Waals surface area contributed by atoms with Gasteiger partial charge < -0.3 is 14.8 Å². The van der Waals surface area contributed by atoms with Gasteiger partial charge in [-0.15, -0.1) is 11.3 Å². The largest absolute Gasteiger partial charge is 0.490 e. The number of methoxy groups -OCH3 is 1. The van der Waals surface area contributed by atoms with Gasteiger partial charge in [0.2, 0.25) is 0 Å². The summed E-state index contributed by atoms with van der Waals surface area (Å²) in [6.45, 7) is 1.05. The fourth-order valence-electron chi connectivity index (χ4n) is 3.43. The number of ether oxygens (including phenoxy) is 2. The first-order valence-electron chi connectivity index (χ1n) is 10.2. The molecule has 4 aromatic rings. The molecule has 1 amide bonds. The number of aryl methyl sites for hydroxylation is 1. The monoisotopic (exact) mass is 511 g/mol. The maximum Gasteiger partial charge on any atom is 0.339 e. The van der Waals surface area contributed by atoms with Crippen LogP contribution in [0, 0.1) is 17.0 Å². The number of carbonyl (C=O) groups excluding carboxylic acids is 2. The quantitative estimate of drug-likeness (QED) is 0.194. The zero-order valence-electron chi connectivity index (χ0n) is 18.5. The molecule has 0 radical (unpaired) electrons. The maximum absolute atomic E-state index is 12.9. The molecular weight excluding hydrogens is 494 g/mol. The first kappa shape index (κ1) is 24.1. The van der Waals surface area contributed by atoms with Crippen molar-refractivity contribution < 1.29 is 24.0 Å². The summed E-state index contributed by atoms with van der Waals surface area (Å²) in [5.41, 5.74) is 1.96. The molecule has 0 bridgehead atoms. The zero-order chi connectivity index (χ0) is 25.1. The van der Waals surface area contributed by atoms with Crippen LogP contribution in [0.1, 0.15) is 15.9 Å². The summed E-state index contributed by atoms with van der Waals surface area (Å²) in [4.78, 5) is 41.4. The van der Waals surface area contributed by atoms with E-state index in [1.54, 1.807) is 37.3 Å². The first-order valence-corrected chi connectivity index (χ1v) is 11.4. The Morgan fingerprint density at radius 3 is 2.63 bits per heavy atom. The first-order chi connectivity index (χ1) is 16.8. The van der Waals surface area contributed by atoms with E-state index in [-0.39, 0.29) is 17.0 Å². The van der Waals surface area contributed by atoms with Gasteiger partial charge in [-0.05, 0) is 36.8 Å². The van der Waals surface area contributed by atoms with Crippen molar-refractivity contribution in [1.29, 1.82) is 0 Å². The lowest BCUT2D eigenvalue weighted by Gasteiger charge is -2.12. The van der Waals surface area contributed by atoms with Crippen LogP contribution in [0.25, 0.3) is 21.5 Å². The number of fused-ring (bicyclic) bond motifs is 1. The minimum Gasteiger partial charge on any atom is -0.490 e. The molecule has 1 N–H and O–H groups in total. The molecule has 0 unspecified atom stereocenters. The fourth-order valence-corrected chi connectivity index (χ4v) is 4.44. The fraction of sp³-hybridized carbons (Fsp3) is 0.125. The second-order valence-electron chi connectivity index (χ2n) is 7.40. The number of pyridine rings is 1. The van der Waals surface area contributed by atoms with E-state index in [1.807, 2.05) is 12.1 Å². The van der Waals surface area contributed by atoms with Gasteiger partial charge in [-0.1, -0.05) is 29.8 Å². The molecule has 0 saturated heterocycles. The average Bonchev–Trinajstić information content (AvgIpc) is 3.29. The molecule has 9 nitrogen and oxygen atoms in total. The summed E-state index contributed by atoms with van der Waals surface area (Å²) < 4.78 is 10.9. The number of para-hydroxylation sites is 1. The summed E-state index contributed by atoms with van der Waals surface area (Å²) in [6.07, 6.45) is 0. The molecule has 2 aromatic carbocycles. The van der Waals surface area contributed by atoms with Crippen molar-refractivity contribution >= 4 is 57.1 Å². The van der Waals surface area contributed by atoms with Crippen LogP contribution in [0.4, 0.5) is 11.4 Å². The third kappa shape index (κ3) is 5.23. The molecule has 0 spiro atoms. The van der Waals surface area contributed by atoms with Crippen LogP contribution in [0.15, 0.2) is 54.6 Å². The predicted octanol–water partition coefficient (Wildman–Crippen LogP) is 5.64.